The van der Waals surface area contributed by atoms with E-state index in [1.165, 1.54) is 24.5 Å². The van der Waals surface area contributed by atoms with E-state index in [-0.39, 0.29) is 23.7 Å². The number of rotatable bonds is 11. The largest absolute Gasteiger partial charge is 0.354 e. The normalized spacial score (nSPS) is 15.8. The van der Waals surface area contributed by atoms with Gasteiger partial charge in [0.15, 0.2) is 5.82 Å². The van der Waals surface area contributed by atoms with Crippen LogP contribution in [0, 0.1) is 17.5 Å². The number of fused-ring (bicyclic) bond motifs is 1. The number of anilines is 1. The number of carbonyl (C=O) groups is 2. The zero-order valence-electron chi connectivity index (χ0n) is 23.1. The molecule has 1 aromatic heterocycles. The minimum absolute atomic E-state index is 0.123. The van der Waals surface area contributed by atoms with Crippen molar-refractivity contribution in [1.29, 1.82) is 0 Å². The van der Waals surface area contributed by atoms with E-state index in [9.17, 15) is 22.8 Å². The molecule has 0 saturated carbocycles. The van der Waals surface area contributed by atoms with Crippen molar-refractivity contribution in [3.8, 4) is 0 Å². The number of nitrogens with zero attached hydrogens (tertiary/aromatic N) is 2. The van der Waals surface area contributed by atoms with Gasteiger partial charge >= 0.3 is 0 Å². The van der Waals surface area contributed by atoms with Crippen molar-refractivity contribution in [2.75, 3.05) is 11.9 Å². The van der Waals surface area contributed by atoms with Crippen LogP contribution in [-0.4, -0.2) is 40.0 Å². The Morgan fingerprint density at radius 2 is 1.95 bits per heavy atom. The average molecular weight is 556 g/mol. The topological polar surface area (TPSA) is 88.0 Å². The van der Waals surface area contributed by atoms with Gasteiger partial charge in [0, 0.05) is 24.8 Å². The molecule has 2 amide bonds. The molecular formula is C30H36F3N5O2. The third kappa shape index (κ3) is 7.10. The summed E-state index contributed by atoms with van der Waals surface area (Å²) in [5, 5.41) is 9.07. The molecule has 0 saturated heterocycles. The Labute approximate surface area is 232 Å². The Kier molecular flexibility index (Phi) is 9.29. The van der Waals surface area contributed by atoms with Crippen LogP contribution in [0.1, 0.15) is 56.7 Å². The molecule has 7 nitrogen and oxygen atoms in total. The summed E-state index contributed by atoms with van der Waals surface area (Å²) in [7, 11) is 0. The van der Waals surface area contributed by atoms with Gasteiger partial charge in [-0.05, 0) is 80.8 Å². The highest BCUT2D eigenvalue weighted by Gasteiger charge is 2.31. The van der Waals surface area contributed by atoms with Crippen LogP contribution < -0.4 is 16.0 Å². The minimum atomic E-state index is -0.988. The number of benzene rings is 2. The number of nitrogens with one attached hydrogen (secondary N) is 3. The van der Waals surface area contributed by atoms with E-state index in [1.54, 1.807) is 36.7 Å². The van der Waals surface area contributed by atoms with Crippen LogP contribution >= 0.6 is 0 Å². The Bertz CT molecular complexity index is 1360. The molecule has 2 atom stereocenters. The van der Waals surface area contributed by atoms with Gasteiger partial charge in [0.05, 0.1) is 12.4 Å². The second-order valence-electron chi connectivity index (χ2n) is 10.8. The summed E-state index contributed by atoms with van der Waals surface area (Å²) in [4.78, 5) is 30.4. The van der Waals surface area contributed by atoms with E-state index in [0.717, 1.165) is 18.1 Å². The van der Waals surface area contributed by atoms with Gasteiger partial charge in [0.25, 0.3) is 0 Å². The second-order valence-corrected chi connectivity index (χ2v) is 10.8. The van der Waals surface area contributed by atoms with Crippen LogP contribution in [0.25, 0.3) is 0 Å². The Morgan fingerprint density at radius 1 is 1.15 bits per heavy atom. The van der Waals surface area contributed by atoms with Gasteiger partial charge in [-0.1, -0.05) is 25.5 Å². The molecule has 0 spiro atoms. The van der Waals surface area contributed by atoms with Gasteiger partial charge in [-0.15, -0.1) is 0 Å². The maximum absolute atomic E-state index is 14.4. The lowest BCUT2D eigenvalue weighted by Crippen LogP contribution is -2.48. The van der Waals surface area contributed by atoms with Crippen LogP contribution in [0.5, 0.6) is 0 Å². The predicted molar refractivity (Wildman–Crippen MR) is 147 cm³/mol. The lowest BCUT2D eigenvalue weighted by atomic mass is 9.87. The van der Waals surface area contributed by atoms with Crippen molar-refractivity contribution < 1.29 is 22.8 Å². The maximum Gasteiger partial charge on any atom is 0.245 e. The smallest absolute Gasteiger partial charge is 0.245 e. The van der Waals surface area contributed by atoms with Crippen molar-refractivity contribution in [2.24, 2.45) is 0 Å². The lowest BCUT2D eigenvalue weighted by molar-refractivity contribution is -0.128. The third-order valence-electron chi connectivity index (χ3n) is 7.42. The zero-order valence-corrected chi connectivity index (χ0v) is 23.1. The van der Waals surface area contributed by atoms with Gasteiger partial charge in [-0.2, -0.15) is 0 Å². The summed E-state index contributed by atoms with van der Waals surface area (Å²) in [5.74, 6) is -1.64. The first-order valence-corrected chi connectivity index (χ1v) is 13.7. The number of amides is 2. The van der Waals surface area contributed by atoms with Crippen LogP contribution in [0.2, 0.25) is 0 Å². The van der Waals surface area contributed by atoms with E-state index >= 15 is 0 Å². The fourth-order valence-corrected chi connectivity index (χ4v) is 5.05. The molecule has 4 rings (SSSR count). The summed E-state index contributed by atoms with van der Waals surface area (Å²) >= 11 is 0. The first kappa shape index (κ1) is 29.3. The maximum atomic E-state index is 14.4. The molecule has 214 valence electrons. The Morgan fingerprint density at radius 3 is 2.70 bits per heavy atom. The number of imidazole rings is 1. The quantitative estimate of drug-likeness (QED) is 0.322. The molecular weight excluding hydrogens is 519 g/mol. The molecule has 0 radical (unpaired) electrons. The lowest BCUT2D eigenvalue weighted by Gasteiger charge is -2.29. The highest BCUT2D eigenvalue weighted by Crippen LogP contribution is 2.26. The van der Waals surface area contributed by atoms with Crippen molar-refractivity contribution >= 4 is 17.6 Å². The Balaban J connectivity index is 1.34. The van der Waals surface area contributed by atoms with Crippen molar-refractivity contribution in [3.63, 3.8) is 0 Å². The molecule has 1 unspecified atom stereocenters. The Hall–Kier alpha value is -3.66. The summed E-state index contributed by atoms with van der Waals surface area (Å²) < 4.78 is 42.9. The number of carbonyl (C=O) groups excluding carboxylic acids is 2. The standard InChI is InChI=1S/C30H36F3N5O2/c1-4-6-26(36-23-10-9-20-14-22(32)15-25(33)24(20)16-23)28(39)37-27-17-38(18-35-27)30(2,3)29(40)34-12-11-19-7-5-8-21(31)13-19/h5,7-8,13-15,17-18,23,26,36H,4,6,9-12,16H2,1-3H3,(H,34,40)(H,37,39)/t23?,26-/m0/s1. The molecule has 3 N–H and O–H groups in total. The SMILES string of the molecule is CCC[C@H](NC1CCc2cc(F)cc(F)c2C1)C(=O)Nc1cn(C(C)(C)C(=O)NCCc2cccc(F)c2)cn1. The molecule has 0 bridgehead atoms. The predicted octanol–water partition coefficient (Wildman–Crippen LogP) is 4.65. The summed E-state index contributed by atoms with van der Waals surface area (Å²) in [5.41, 5.74) is 0.976. The third-order valence-corrected chi connectivity index (χ3v) is 7.42. The number of aromatic nitrogens is 2. The van der Waals surface area contributed by atoms with E-state index in [2.05, 4.69) is 20.9 Å². The molecule has 1 aliphatic rings. The molecule has 3 aromatic rings. The van der Waals surface area contributed by atoms with Gasteiger partial charge < -0.3 is 20.5 Å². The van der Waals surface area contributed by atoms with E-state index in [0.29, 0.717) is 55.6 Å². The molecule has 40 heavy (non-hydrogen) atoms. The first-order chi connectivity index (χ1) is 19.1. The molecule has 2 aromatic carbocycles. The van der Waals surface area contributed by atoms with Crippen molar-refractivity contribution in [1.82, 2.24) is 20.2 Å². The summed E-state index contributed by atoms with van der Waals surface area (Å²) in [6.07, 6.45) is 6.50. The van der Waals surface area contributed by atoms with E-state index in [4.69, 9.17) is 0 Å². The molecule has 1 aliphatic carbocycles. The van der Waals surface area contributed by atoms with Gasteiger partial charge in [-0.3, -0.25) is 9.59 Å². The van der Waals surface area contributed by atoms with Crippen LogP contribution in [-0.2, 0) is 34.4 Å². The molecule has 0 aliphatic heterocycles. The monoisotopic (exact) mass is 555 g/mol. The van der Waals surface area contributed by atoms with Gasteiger partial charge in [0.2, 0.25) is 11.8 Å². The van der Waals surface area contributed by atoms with Crippen molar-refractivity contribution in [3.05, 3.63) is 83.1 Å². The van der Waals surface area contributed by atoms with Gasteiger partial charge in [-0.25, -0.2) is 18.2 Å². The highest BCUT2D eigenvalue weighted by molar-refractivity contribution is 5.94. The fourth-order valence-electron chi connectivity index (χ4n) is 5.05. The number of aryl methyl sites for hydroxylation is 1. The average Bonchev–Trinajstić information content (AvgIpc) is 3.38. The van der Waals surface area contributed by atoms with E-state index in [1.807, 2.05) is 6.92 Å². The zero-order chi connectivity index (χ0) is 28.9. The summed E-state index contributed by atoms with van der Waals surface area (Å²) in [6.45, 7) is 5.81. The first-order valence-electron chi connectivity index (χ1n) is 13.7. The highest BCUT2D eigenvalue weighted by atomic mass is 19.1. The number of hydrogen-bond acceptors (Lipinski definition) is 4. The molecule has 10 heteroatoms. The number of hydrogen-bond donors (Lipinski definition) is 3. The van der Waals surface area contributed by atoms with Crippen LogP contribution in [0.4, 0.5) is 19.0 Å². The number of halogens is 3. The minimum Gasteiger partial charge on any atom is -0.354 e. The second kappa shape index (κ2) is 12.7. The summed E-state index contributed by atoms with van der Waals surface area (Å²) in [6, 6.07) is 7.89. The van der Waals surface area contributed by atoms with Crippen LogP contribution in [0.15, 0.2) is 48.9 Å². The fraction of sp³-hybridized carbons (Fsp3) is 0.433. The van der Waals surface area contributed by atoms with Gasteiger partial charge in [0.1, 0.15) is 23.0 Å². The molecule has 0 fully saturated rings. The molecule has 1 heterocycles. The van der Waals surface area contributed by atoms with Crippen molar-refractivity contribution in [2.45, 2.75) is 76.9 Å². The van der Waals surface area contributed by atoms with E-state index < -0.39 is 23.2 Å². The van der Waals surface area contributed by atoms with Crippen LogP contribution in [0.3, 0.4) is 0 Å².